The fourth-order valence-corrected chi connectivity index (χ4v) is 3.46. The van der Waals surface area contributed by atoms with Crippen LogP contribution in [-0.4, -0.2) is 0 Å². The maximum atomic E-state index is 9.61. The lowest BCUT2D eigenvalue weighted by atomic mass is 9.82. The summed E-state index contributed by atoms with van der Waals surface area (Å²) in [6.45, 7) is 0. The van der Waals surface area contributed by atoms with E-state index >= 15 is 0 Å². The summed E-state index contributed by atoms with van der Waals surface area (Å²) in [5, 5.41) is 12.2. The minimum atomic E-state index is -0.336. The van der Waals surface area contributed by atoms with Crippen LogP contribution in [0.3, 0.4) is 0 Å². The van der Waals surface area contributed by atoms with Gasteiger partial charge >= 0.3 is 0 Å². The molecule has 1 aliphatic rings. The Morgan fingerprint density at radius 2 is 1.71 bits per heavy atom. The van der Waals surface area contributed by atoms with Crippen LogP contribution in [0, 0.1) is 11.3 Å². The molecule has 4 rings (SSSR count). The summed E-state index contributed by atoms with van der Waals surface area (Å²) in [5.74, 6) is 0.484. The number of rotatable bonds is 1. The van der Waals surface area contributed by atoms with Gasteiger partial charge in [-0.2, -0.15) is 5.26 Å². The zero-order chi connectivity index (χ0) is 16.7. The van der Waals surface area contributed by atoms with Gasteiger partial charge in [-0.3, -0.25) is 0 Å². The summed E-state index contributed by atoms with van der Waals surface area (Å²) in [6, 6.07) is 21.6. The Bertz CT molecular complexity index is 1030. The van der Waals surface area contributed by atoms with E-state index in [0.717, 1.165) is 21.9 Å². The minimum absolute atomic E-state index is 0.131. The monoisotopic (exact) mass is 332 g/mol. The molecule has 0 bridgehead atoms. The first-order chi connectivity index (χ1) is 11.7. The second-order valence-corrected chi connectivity index (χ2v) is 6.06. The summed E-state index contributed by atoms with van der Waals surface area (Å²) in [4.78, 5) is 0. The van der Waals surface area contributed by atoms with Gasteiger partial charge in [0.05, 0.1) is 5.92 Å². The molecule has 1 heterocycles. The average molecular weight is 333 g/mol. The Kier molecular flexibility index (Phi) is 3.41. The van der Waals surface area contributed by atoms with E-state index in [1.165, 1.54) is 0 Å². The third-order valence-corrected chi connectivity index (χ3v) is 4.67. The first kappa shape index (κ1) is 14.6. The number of fused-ring (bicyclic) bond motifs is 3. The smallest absolute Gasteiger partial charge is 0.205 e. The normalized spacial score (nSPS) is 16.4. The second-order valence-electron chi connectivity index (χ2n) is 5.65. The van der Waals surface area contributed by atoms with Crippen molar-refractivity contribution in [3.05, 3.63) is 88.3 Å². The van der Waals surface area contributed by atoms with Crippen LogP contribution in [0.1, 0.15) is 17.0 Å². The third-order valence-electron chi connectivity index (χ3n) is 4.32. The van der Waals surface area contributed by atoms with E-state index in [1.807, 2.05) is 60.7 Å². The number of halogens is 1. The number of nitrogens with zero attached hydrogens (tertiary/aromatic N) is 1. The van der Waals surface area contributed by atoms with Crippen LogP contribution in [0.25, 0.3) is 10.8 Å². The number of nitrogens with two attached hydrogens (primary N) is 1. The molecule has 3 aromatic rings. The Morgan fingerprint density at radius 1 is 0.958 bits per heavy atom. The van der Waals surface area contributed by atoms with Gasteiger partial charge in [-0.15, -0.1) is 0 Å². The molecule has 0 unspecified atom stereocenters. The van der Waals surface area contributed by atoms with Crippen molar-refractivity contribution in [3.8, 4) is 11.8 Å². The highest BCUT2D eigenvalue weighted by Crippen LogP contribution is 2.46. The van der Waals surface area contributed by atoms with Crippen LogP contribution < -0.4 is 10.5 Å². The molecule has 116 valence electrons. The summed E-state index contributed by atoms with van der Waals surface area (Å²) >= 11 is 6.40. The number of hydrogen-bond donors (Lipinski definition) is 1. The zero-order valence-electron chi connectivity index (χ0n) is 12.7. The van der Waals surface area contributed by atoms with Gasteiger partial charge in [-0.1, -0.05) is 66.2 Å². The molecule has 0 aliphatic carbocycles. The number of ether oxygens (including phenoxy) is 1. The molecule has 0 radical (unpaired) electrons. The molecule has 0 aromatic heterocycles. The molecule has 1 atom stereocenters. The van der Waals surface area contributed by atoms with E-state index < -0.39 is 0 Å². The molecule has 2 N–H and O–H groups in total. The van der Waals surface area contributed by atoms with Gasteiger partial charge in [0, 0.05) is 16.0 Å². The Balaban J connectivity index is 2.05. The molecule has 0 fully saturated rings. The third kappa shape index (κ3) is 2.12. The van der Waals surface area contributed by atoms with Gasteiger partial charge in [-0.25, -0.2) is 0 Å². The van der Waals surface area contributed by atoms with Crippen molar-refractivity contribution >= 4 is 22.4 Å². The van der Waals surface area contributed by atoms with Gasteiger partial charge in [0.25, 0.3) is 0 Å². The molecule has 3 nitrogen and oxygen atoms in total. The van der Waals surface area contributed by atoms with Gasteiger partial charge in [0.1, 0.15) is 17.4 Å². The molecule has 4 heteroatoms. The predicted octanol–water partition coefficient (Wildman–Crippen LogP) is 4.71. The fraction of sp³-hybridized carbons (Fsp3) is 0.0500. The molecular weight excluding hydrogens is 320 g/mol. The highest BCUT2D eigenvalue weighted by molar-refractivity contribution is 6.31. The van der Waals surface area contributed by atoms with Crippen LogP contribution in [0.4, 0.5) is 0 Å². The first-order valence-corrected chi connectivity index (χ1v) is 7.92. The Hall–Kier alpha value is -2.96. The minimum Gasteiger partial charge on any atom is -0.440 e. The van der Waals surface area contributed by atoms with Crippen LogP contribution >= 0.6 is 11.6 Å². The lowest BCUT2D eigenvalue weighted by Gasteiger charge is -2.28. The number of nitriles is 1. The Morgan fingerprint density at radius 3 is 2.50 bits per heavy atom. The van der Waals surface area contributed by atoms with E-state index in [4.69, 9.17) is 22.1 Å². The van der Waals surface area contributed by atoms with Crippen LogP contribution in [0.5, 0.6) is 5.75 Å². The van der Waals surface area contributed by atoms with Gasteiger partial charge in [0.2, 0.25) is 5.88 Å². The topological polar surface area (TPSA) is 59.0 Å². The summed E-state index contributed by atoms with van der Waals surface area (Å²) in [6.07, 6.45) is 0. The zero-order valence-corrected chi connectivity index (χ0v) is 13.4. The van der Waals surface area contributed by atoms with E-state index in [2.05, 4.69) is 6.07 Å². The maximum absolute atomic E-state index is 9.61. The molecule has 0 saturated heterocycles. The van der Waals surface area contributed by atoms with E-state index in [0.29, 0.717) is 16.3 Å². The lowest BCUT2D eigenvalue weighted by molar-refractivity contribution is 0.398. The lowest BCUT2D eigenvalue weighted by Crippen LogP contribution is -2.21. The SMILES string of the molecule is N#CC1=C(N)Oc2c(ccc3ccccc23)[C@@H]1c1ccccc1Cl. The van der Waals surface area contributed by atoms with Crippen molar-refractivity contribution in [1.29, 1.82) is 5.26 Å². The maximum Gasteiger partial charge on any atom is 0.205 e. The Labute approximate surface area is 144 Å². The summed E-state index contributed by atoms with van der Waals surface area (Å²) < 4.78 is 5.83. The molecule has 0 saturated carbocycles. The number of benzene rings is 3. The van der Waals surface area contributed by atoms with Crippen molar-refractivity contribution in [3.63, 3.8) is 0 Å². The number of hydrogen-bond acceptors (Lipinski definition) is 3. The summed E-state index contributed by atoms with van der Waals surface area (Å²) in [7, 11) is 0. The van der Waals surface area contributed by atoms with Crippen molar-refractivity contribution < 1.29 is 4.74 Å². The molecule has 1 aliphatic heterocycles. The van der Waals surface area contributed by atoms with E-state index in [-0.39, 0.29) is 11.8 Å². The molecule has 0 amide bonds. The first-order valence-electron chi connectivity index (χ1n) is 7.54. The number of allylic oxidation sites excluding steroid dienone is 1. The van der Waals surface area contributed by atoms with Gasteiger partial charge in [-0.05, 0) is 17.0 Å². The molecule has 24 heavy (non-hydrogen) atoms. The van der Waals surface area contributed by atoms with Crippen molar-refractivity contribution in [2.75, 3.05) is 0 Å². The van der Waals surface area contributed by atoms with Crippen LogP contribution in [0.2, 0.25) is 5.02 Å². The largest absolute Gasteiger partial charge is 0.440 e. The quantitative estimate of drug-likeness (QED) is 0.702. The summed E-state index contributed by atoms with van der Waals surface area (Å²) in [5.41, 5.74) is 8.19. The average Bonchev–Trinajstić information content (AvgIpc) is 2.61. The van der Waals surface area contributed by atoms with Crippen LogP contribution in [-0.2, 0) is 0 Å². The van der Waals surface area contributed by atoms with Crippen molar-refractivity contribution in [2.24, 2.45) is 5.73 Å². The van der Waals surface area contributed by atoms with Gasteiger partial charge < -0.3 is 10.5 Å². The van der Waals surface area contributed by atoms with E-state index in [1.54, 1.807) is 0 Å². The highest BCUT2D eigenvalue weighted by Gasteiger charge is 2.32. The fourth-order valence-electron chi connectivity index (χ4n) is 3.22. The van der Waals surface area contributed by atoms with Crippen LogP contribution in [0.15, 0.2) is 72.1 Å². The van der Waals surface area contributed by atoms with Crippen molar-refractivity contribution in [2.45, 2.75) is 5.92 Å². The van der Waals surface area contributed by atoms with Gasteiger partial charge in [0.15, 0.2) is 0 Å². The molecular formula is C20H13ClN2O. The highest BCUT2D eigenvalue weighted by atomic mass is 35.5. The second kappa shape index (κ2) is 5.59. The van der Waals surface area contributed by atoms with Crippen molar-refractivity contribution in [1.82, 2.24) is 0 Å². The van der Waals surface area contributed by atoms with E-state index in [9.17, 15) is 5.26 Å². The standard InChI is InChI=1S/C20H13ClN2O/c21-17-8-4-3-7-14(17)18-15-10-9-12-5-1-2-6-13(12)19(15)24-20(23)16(18)11-22/h1-10,18H,23H2/t18-/m0/s1. The molecule has 0 spiro atoms. The predicted molar refractivity (Wildman–Crippen MR) is 94.7 cm³/mol. The molecule has 3 aromatic carbocycles.